The Morgan fingerprint density at radius 3 is 2.67 bits per heavy atom. The van der Waals surface area contributed by atoms with Gasteiger partial charge in [-0.3, -0.25) is 4.79 Å². The van der Waals surface area contributed by atoms with Gasteiger partial charge in [0.1, 0.15) is 5.75 Å². The van der Waals surface area contributed by atoms with Gasteiger partial charge in [0.2, 0.25) is 0 Å². The summed E-state index contributed by atoms with van der Waals surface area (Å²) >= 11 is 3.42. The van der Waals surface area contributed by atoms with Crippen LogP contribution in [0.3, 0.4) is 0 Å². The maximum absolute atomic E-state index is 11.9. The second-order valence-corrected chi connectivity index (χ2v) is 5.70. The number of anilines is 2. The Balaban J connectivity index is 1.96. The zero-order chi connectivity index (χ0) is 15.4. The molecule has 0 aliphatic heterocycles. The number of carbonyl (C=O) groups is 1. The van der Waals surface area contributed by atoms with Crippen LogP contribution in [0.5, 0.6) is 5.75 Å². The molecule has 3 N–H and O–H groups in total. The molecule has 0 aromatic heterocycles. The van der Waals surface area contributed by atoms with Crippen molar-refractivity contribution in [3.05, 3.63) is 52.0 Å². The van der Waals surface area contributed by atoms with Crippen molar-refractivity contribution in [2.45, 2.75) is 13.8 Å². The van der Waals surface area contributed by atoms with E-state index in [4.69, 9.17) is 10.5 Å². The second kappa shape index (κ2) is 6.63. The highest BCUT2D eigenvalue weighted by Gasteiger charge is 2.08. The molecule has 0 fully saturated rings. The minimum atomic E-state index is -0.212. The monoisotopic (exact) mass is 348 g/mol. The molecule has 2 aromatic rings. The fourth-order valence-corrected chi connectivity index (χ4v) is 2.48. The highest BCUT2D eigenvalue weighted by Crippen LogP contribution is 2.23. The lowest BCUT2D eigenvalue weighted by Gasteiger charge is -2.11. The first-order valence-corrected chi connectivity index (χ1v) is 7.30. The van der Waals surface area contributed by atoms with Gasteiger partial charge in [-0.05, 0) is 71.2 Å². The van der Waals surface area contributed by atoms with Gasteiger partial charge in [-0.25, -0.2) is 0 Å². The lowest BCUT2D eigenvalue weighted by atomic mass is 10.2. The molecule has 110 valence electrons. The van der Waals surface area contributed by atoms with Crippen molar-refractivity contribution in [2.24, 2.45) is 0 Å². The largest absolute Gasteiger partial charge is 0.483 e. The van der Waals surface area contributed by atoms with Crippen LogP contribution in [0.1, 0.15) is 11.1 Å². The molecule has 0 heterocycles. The molecule has 0 aliphatic rings. The van der Waals surface area contributed by atoms with Crippen molar-refractivity contribution in [1.29, 1.82) is 0 Å². The van der Waals surface area contributed by atoms with Crippen LogP contribution in [-0.4, -0.2) is 12.5 Å². The minimum absolute atomic E-state index is 0.0505. The van der Waals surface area contributed by atoms with Gasteiger partial charge in [0.05, 0.1) is 5.69 Å². The SMILES string of the molecule is Cc1ccc(NC(=O)COc2ccc(N)cc2C)c(Br)c1. The molecule has 0 atom stereocenters. The lowest BCUT2D eigenvalue weighted by molar-refractivity contribution is -0.118. The summed E-state index contributed by atoms with van der Waals surface area (Å²) < 4.78 is 6.35. The van der Waals surface area contributed by atoms with Crippen molar-refractivity contribution >= 4 is 33.2 Å². The molecule has 0 spiro atoms. The highest BCUT2D eigenvalue weighted by molar-refractivity contribution is 9.10. The van der Waals surface area contributed by atoms with Crippen LogP contribution < -0.4 is 15.8 Å². The molecular formula is C16H17BrN2O2. The predicted octanol–water partition coefficient (Wildman–Crippen LogP) is 3.67. The smallest absolute Gasteiger partial charge is 0.262 e. The molecular weight excluding hydrogens is 332 g/mol. The van der Waals surface area contributed by atoms with E-state index >= 15 is 0 Å². The fraction of sp³-hybridized carbons (Fsp3) is 0.188. The van der Waals surface area contributed by atoms with E-state index in [0.717, 1.165) is 21.3 Å². The molecule has 0 unspecified atom stereocenters. The Morgan fingerprint density at radius 2 is 2.00 bits per heavy atom. The maximum Gasteiger partial charge on any atom is 0.262 e. The first-order valence-electron chi connectivity index (χ1n) is 6.50. The third-order valence-electron chi connectivity index (χ3n) is 2.96. The molecule has 0 radical (unpaired) electrons. The van der Waals surface area contributed by atoms with Gasteiger partial charge in [0.15, 0.2) is 6.61 Å². The second-order valence-electron chi connectivity index (χ2n) is 4.85. The first-order chi connectivity index (χ1) is 9.95. The van der Waals surface area contributed by atoms with Gasteiger partial charge < -0.3 is 15.8 Å². The minimum Gasteiger partial charge on any atom is -0.483 e. The third kappa shape index (κ3) is 4.23. The van der Waals surface area contributed by atoms with Crippen LogP contribution in [0.15, 0.2) is 40.9 Å². The van der Waals surface area contributed by atoms with E-state index in [1.165, 1.54) is 0 Å². The topological polar surface area (TPSA) is 64.3 Å². The number of carbonyl (C=O) groups excluding carboxylic acids is 1. The fourth-order valence-electron chi connectivity index (χ4n) is 1.89. The zero-order valence-electron chi connectivity index (χ0n) is 11.9. The van der Waals surface area contributed by atoms with E-state index in [1.807, 2.05) is 38.1 Å². The molecule has 0 saturated carbocycles. The summed E-state index contributed by atoms with van der Waals surface area (Å²) in [5.74, 6) is 0.443. The average molecular weight is 349 g/mol. The highest BCUT2D eigenvalue weighted by atomic mass is 79.9. The molecule has 21 heavy (non-hydrogen) atoms. The maximum atomic E-state index is 11.9. The number of rotatable bonds is 4. The van der Waals surface area contributed by atoms with Crippen molar-refractivity contribution < 1.29 is 9.53 Å². The van der Waals surface area contributed by atoms with Crippen molar-refractivity contribution in [2.75, 3.05) is 17.7 Å². The van der Waals surface area contributed by atoms with Crippen LogP contribution in [0, 0.1) is 13.8 Å². The number of amides is 1. The summed E-state index contributed by atoms with van der Waals surface area (Å²) in [5, 5.41) is 2.80. The van der Waals surface area contributed by atoms with Gasteiger partial charge in [0.25, 0.3) is 5.91 Å². The van der Waals surface area contributed by atoms with Gasteiger partial charge in [-0.1, -0.05) is 6.07 Å². The summed E-state index contributed by atoms with van der Waals surface area (Å²) in [4.78, 5) is 11.9. The van der Waals surface area contributed by atoms with Gasteiger partial charge in [-0.2, -0.15) is 0 Å². The number of benzene rings is 2. The van der Waals surface area contributed by atoms with Crippen molar-refractivity contribution in [3.8, 4) is 5.75 Å². The number of halogens is 1. The molecule has 0 aliphatic carbocycles. The number of hydrogen-bond donors (Lipinski definition) is 2. The number of nitrogens with one attached hydrogen (secondary N) is 1. The van der Waals surface area contributed by atoms with E-state index in [1.54, 1.807) is 12.1 Å². The van der Waals surface area contributed by atoms with Crippen LogP contribution in [-0.2, 0) is 4.79 Å². The number of ether oxygens (including phenoxy) is 1. The van der Waals surface area contributed by atoms with Crippen LogP contribution in [0.25, 0.3) is 0 Å². The molecule has 0 saturated heterocycles. The quantitative estimate of drug-likeness (QED) is 0.828. The summed E-state index contributed by atoms with van der Waals surface area (Å²) in [5.41, 5.74) is 9.09. The van der Waals surface area contributed by atoms with E-state index in [0.29, 0.717) is 11.4 Å². The predicted molar refractivity (Wildman–Crippen MR) is 88.6 cm³/mol. The number of nitrogens with two attached hydrogens (primary N) is 1. The molecule has 2 rings (SSSR count). The molecule has 4 nitrogen and oxygen atoms in total. The number of nitrogen functional groups attached to an aromatic ring is 1. The van der Waals surface area contributed by atoms with E-state index in [2.05, 4.69) is 21.2 Å². The van der Waals surface area contributed by atoms with Crippen LogP contribution in [0.2, 0.25) is 0 Å². The summed E-state index contributed by atoms with van der Waals surface area (Å²) in [6.45, 7) is 3.83. The average Bonchev–Trinajstić information content (AvgIpc) is 2.41. The van der Waals surface area contributed by atoms with Crippen LogP contribution in [0.4, 0.5) is 11.4 Å². The number of hydrogen-bond acceptors (Lipinski definition) is 3. The van der Waals surface area contributed by atoms with E-state index in [-0.39, 0.29) is 12.5 Å². The molecule has 0 bridgehead atoms. The van der Waals surface area contributed by atoms with Crippen molar-refractivity contribution in [1.82, 2.24) is 0 Å². The Kier molecular flexibility index (Phi) is 4.85. The van der Waals surface area contributed by atoms with Gasteiger partial charge in [0, 0.05) is 10.2 Å². The Hall–Kier alpha value is -2.01. The lowest BCUT2D eigenvalue weighted by Crippen LogP contribution is -2.20. The molecule has 5 heteroatoms. The Labute approximate surface area is 132 Å². The summed E-state index contributed by atoms with van der Waals surface area (Å²) in [7, 11) is 0. The normalized spacial score (nSPS) is 10.2. The van der Waals surface area contributed by atoms with E-state index < -0.39 is 0 Å². The van der Waals surface area contributed by atoms with Gasteiger partial charge >= 0.3 is 0 Å². The first kappa shape index (κ1) is 15.4. The van der Waals surface area contributed by atoms with E-state index in [9.17, 15) is 4.79 Å². The van der Waals surface area contributed by atoms with Crippen molar-refractivity contribution in [3.63, 3.8) is 0 Å². The number of aryl methyl sites for hydroxylation is 2. The summed E-state index contributed by atoms with van der Waals surface area (Å²) in [6, 6.07) is 11.1. The van der Waals surface area contributed by atoms with Gasteiger partial charge in [-0.15, -0.1) is 0 Å². The Bertz CT molecular complexity index is 671. The standard InChI is InChI=1S/C16H17BrN2O2/c1-10-3-5-14(13(17)7-10)19-16(20)9-21-15-6-4-12(18)8-11(15)2/h3-8H,9,18H2,1-2H3,(H,19,20). The summed E-state index contributed by atoms with van der Waals surface area (Å²) in [6.07, 6.45) is 0. The zero-order valence-corrected chi connectivity index (χ0v) is 13.5. The molecule has 1 amide bonds. The van der Waals surface area contributed by atoms with Crippen LogP contribution >= 0.6 is 15.9 Å². The Morgan fingerprint density at radius 1 is 1.24 bits per heavy atom. The molecule has 2 aromatic carbocycles. The third-order valence-corrected chi connectivity index (χ3v) is 3.61.